The van der Waals surface area contributed by atoms with Crippen molar-refractivity contribution in [2.24, 2.45) is 7.05 Å². The van der Waals surface area contributed by atoms with Gasteiger partial charge in [0.2, 0.25) is 0 Å². The number of anilines is 1. The molecule has 182 valence electrons. The Hall–Kier alpha value is -3.85. The number of aromatic amines is 1. The van der Waals surface area contributed by atoms with Crippen LogP contribution in [-0.2, 0) is 20.1 Å². The first-order valence-electron chi connectivity index (χ1n) is 11.8. The second-order valence-electron chi connectivity index (χ2n) is 9.05. The van der Waals surface area contributed by atoms with Gasteiger partial charge in [0, 0.05) is 45.5 Å². The predicted molar refractivity (Wildman–Crippen MR) is 136 cm³/mol. The van der Waals surface area contributed by atoms with Gasteiger partial charge in [0.25, 0.3) is 5.56 Å². The summed E-state index contributed by atoms with van der Waals surface area (Å²) in [4.78, 5) is 37.0. The fourth-order valence-corrected chi connectivity index (χ4v) is 4.72. The van der Waals surface area contributed by atoms with Crippen molar-refractivity contribution >= 4 is 16.9 Å². The van der Waals surface area contributed by atoms with E-state index >= 15 is 0 Å². The minimum absolute atomic E-state index is 0.404. The third-order valence-corrected chi connectivity index (χ3v) is 6.68. The Morgan fingerprint density at radius 1 is 1.00 bits per heavy atom. The summed E-state index contributed by atoms with van der Waals surface area (Å²) in [5.74, 6) is 1.63. The van der Waals surface area contributed by atoms with E-state index in [0.29, 0.717) is 24.3 Å². The maximum Gasteiger partial charge on any atom is 0.329 e. The molecule has 0 saturated carbocycles. The van der Waals surface area contributed by atoms with Gasteiger partial charge in [0.1, 0.15) is 11.6 Å². The maximum atomic E-state index is 12.8. The van der Waals surface area contributed by atoms with E-state index in [2.05, 4.69) is 46.0 Å². The molecule has 9 nitrogen and oxygen atoms in total. The number of nitrogens with zero attached hydrogens (tertiary/aromatic N) is 5. The van der Waals surface area contributed by atoms with Crippen LogP contribution in [0.1, 0.15) is 17.0 Å². The number of imidazole rings is 1. The SMILES string of the molecule is COc1ccc(N2CCN(Cc3nc4c(c(=O)[nH]c(=O)n4C)n3Cc3cccc(C)c3)CC2)cc1. The lowest BCUT2D eigenvalue weighted by molar-refractivity contribution is 0.241. The van der Waals surface area contributed by atoms with E-state index in [9.17, 15) is 9.59 Å². The summed E-state index contributed by atoms with van der Waals surface area (Å²) in [7, 11) is 3.31. The molecule has 4 aromatic rings. The van der Waals surface area contributed by atoms with Gasteiger partial charge < -0.3 is 14.2 Å². The van der Waals surface area contributed by atoms with E-state index < -0.39 is 11.2 Å². The number of rotatable bonds is 6. The number of methoxy groups -OCH3 is 1. The monoisotopic (exact) mass is 474 g/mol. The molecule has 0 atom stereocenters. The fraction of sp³-hybridized carbons (Fsp3) is 0.346. The Balaban J connectivity index is 1.41. The molecule has 1 saturated heterocycles. The van der Waals surface area contributed by atoms with Crippen LogP contribution in [0.3, 0.4) is 0 Å². The highest BCUT2D eigenvalue weighted by molar-refractivity contribution is 5.71. The molecule has 9 heteroatoms. The number of fused-ring (bicyclic) bond motifs is 1. The Labute approximate surface area is 203 Å². The number of benzene rings is 2. The third-order valence-electron chi connectivity index (χ3n) is 6.68. The van der Waals surface area contributed by atoms with Crippen LogP contribution in [0.2, 0.25) is 0 Å². The van der Waals surface area contributed by atoms with Crippen LogP contribution in [0.4, 0.5) is 5.69 Å². The van der Waals surface area contributed by atoms with Gasteiger partial charge in [-0.2, -0.15) is 0 Å². The molecule has 2 aromatic heterocycles. The lowest BCUT2D eigenvalue weighted by Crippen LogP contribution is -2.46. The summed E-state index contributed by atoms with van der Waals surface area (Å²) in [6.45, 7) is 6.69. The minimum atomic E-state index is -0.456. The van der Waals surface area contributed by atoms with Gasteiger partial charge in [0.15, 0.2) is 11.2 Å². The first-order chi connectivity index (χ1) is 16.9. The number of piperazine rings is 1. The molecule has 1 fully saturated rings. The lowest BCUT2D eigenvalue weighted by Gasteiger charge is -2.36. The van der Waals surface area contributed by atoms with Gasteiger partial charge in [-0.15, -0.1) is 0 Å². The van der Waals surface area contributed by atoms with Crippen LogP contribution in [0.5, 0.6) is 5.75 Å². The third kappa shape index (κ3) is 4.59. The Morgan fingerprint density at radius 2 is 1.74 bits per heavy atom. The van der Waals surface area contributed by atoms with Gasteiger partial charge >= 0.3 is 5.69 Å². The molecular weight excluding hydrogens is 444 g/mol. The summed E-state index contributed by atoms with van der Waals surface area (Å²) in [6.07, 6.45) is 0. The van der Waals surface area contributed by atoms with E-state index in [4.69, 9.17) is 9.72 Å². The molecule has 35 heavy (non-hydrogen) atoms. The van der Waals surface area contributed by atoms with Gasteiger partial charge in [-0.3, -0.25) is 19.2 Å². The van der Waals surface area contributed by atoms with Crippen molar-refractivity contribution in [3.05, 3.63) is 86.3 Å². The number of hydrogen-bond acceptors (Lipinski definition) is 6. The predicted octanol–water partition coefficient (Wildman–Crippen LogP) is 2.11. The molecule has 1 N–H and O–H groups in total. The number of hydrogen-bond donors (Lipinski definition) is 1. The number of H-pyrrole nitrogens is 1. The molecule has 0 spiro atoms. The van der Waals surface area contributed by atoms with E-state index in [0.717, 1.165) is 48.9 Å². The molecule has 0 amide bonds. The zero-order chi connectivity index (χ0) is 24.5. The topological polar surface area (TPSA) is 88.4 Å². The Bertz CT molecular complexity index is 1460. The molecule has 3 heterocycles. The first-order valence-corrected chi connectivity index (χ1v) is 11.8. The average Bonchev–Trinajstić information content (AvgIpc) is 3.21. The Morgan fingerprint density at radius 3 is 2.43 bits per heavy atom. The van der Waals surface area contributed by atoms with Crippen LogP contribution in [0.15, 0.2) is 58.1 Å². The van der Waals surface area contributed by atoms with E-state index in [1.165, 1.54) is 10.3 Å². The van der Waals surface area contributed by atoms with Crippen molar-refractivity contribution < 1.29 is 4.74 Å². The Kier molecular flexibility index (Phi) is 6.17. The van der Waals surface area contributed by atoms with Crippen molar-refractivity contribution in [2.45, 2.75) is 20.0 Å². The lowest BCUT2D eigenvalue weighted by atomic mass is 10.1. The minimum Gasteiger partial charge on any atom is -0.497 e. The zero-order valence-corrected chi connectivity index (χ0v) is 20.3. The van der Waals surface area contributed by atoms with E-state index in [1.54, 1.807) is 14.2 Å². The normalized spacial score (nSPS) is 14.5. The number of aryl methyl sites for hydroxylation is 2. The number of aromatic nitrogens is 4. The van der Waals surface area contributed by atoms with Gasteiger partial charge in [-0.25, -0.2) is 9.78 Å². The summed E-state index contributed by atoms with van der Waals surface area (Å²) in [5, 5.41) is 0. The molecular formula is C26H30N6O3. The van der Waals surface area contributed by atoms with E-state index in [-0.39, 0.29) is 0 Å². The second-order valence-corrected chi connectivity index (χ2v) is 9.05. The quantitative estimate of drug-likeness (QED) is 0.461. The van der Waals surface area contributed by atoms with E-state index in [1.807, 2.05) is 28.8 Å². The van der Waals surface area contributed by atoms with Crippen molar-refractivity contribution in [1.82, 2.24) is 24.0 Å². The largest absolute Gasteiger partial charge is 0.497 e. The molecule has 0 unspecified atom stereocenters. The van der Waals surface area contributed by atoms with Crippen LogP contribution in [-0.4, -0.2) is 57.3 Å². The smallest absolute Gasteiger partial charge is 0.329 e. The van der Waals surface area contributed by atoms with Crippen LogP contribution in [0.25, 0.3) is 11.2 Å². The van der Waals surface area contributed by atoms with Crippen molar-refractivity contribution in [3.8, 4) is 5.75 Å². The van der Waals surface area contributed by atoms with Gasteiger partial charge in [-0.1, -0.05) is 29.8 Å². The fourth-order valence-electron chi connectivity index (χ4n) is 4.72. The van der Waals surface area contributed by atoms with Crippen LogP contribution < -0.4 is 20.9 Å². The van der Waals surface area contributed by atoms with Gasteiger partial charge in [-0.05, 0) is 36.8 Å². The molecule has 0 bridgehead atoms. The molecule has 5 rings (SSSR count). The number of ether oxygens (including phenoxy) is 1. The second kappa shape index (κ2) is 9.42. The standard InChI is InChI=1S/C26H30N6O3/c1-18-5-4-6-19(15-18)16-32-22(27-24-23(32)25(33)28-26(34)29(24)2)17-30-11-13-31(14-12-30)20-7-9-21(35-3)10-8-20/h4-10,15H,11-14,16-17H2,1-3H3,(H,28,33,34). The molecule has 0 aliphatic carbocycles. The van der Waals surface area contributed by atoms with Crippen LogP contribution >= 0.6 is 0 Å². The highest BCUT2D eigenvalue weighted by atomic mass is 16.5. The molecule has 0 radical (unpaired) electrons. The van der Waals surface area contributed by atoms with Crippen molar-refractivity contribution in [3.63, 3.8) is 0 Å². The molecule has 2 aromatic carbocycles. The summed E-state index contributed by atoms with van der Waals surface area (Å²) in [5.41, 5.74) is 3.41. The zero-order valence-electron chi connectivity index (χ0n) is 20.3. The molecule has 1 aliphatic rings. The summed E-state index contributed by atoms with van der Waals surface area (Å²) >= 11 is 0. The maximum absolute atomic E-state index is 12.8. The number of nitrogens with one attached hydrogen (secondary N) is 1. The van der Waals surface area contributed by atoms with Gasteiger partial charge in [0.05, 0.1) is 13.7 Å². The average molecular weight is 475 g/mol. The first kappa shape index (κ1) is 22.9. The summed E-state index contributed by atoms with van der Waals surface area (Å²) < 4.78 is 8.64. The van der Waals surface area contributed by atoms with Crippen molar-refractivity contribution in [1.29, 1.82) is 0 Å². The highest BCUT2D eigenvalue weighted by Crippen LogP contribution is 2.22. The highest BCUT2D eigenvalue weighted by Gasteiger charge is 2.22. The molecule has 1 aliphatic heterocycles. The van der Waals surface area contributed by atoms with Crippen molar-refractivity contribution in [2.75, 3.05) is 38.2 Å². The summed E-state index contributed by atoms with van der Waals surface area (Å²) in [6, 6.07) is 16.4. The van der Waals surface area contributed by atoms with Crippen LogP contribution in [0, 0.1) is 6.92 Å².